The van der Waals surface area contributed by atoms with Crippen molar-refractivity contribution < 1.29 is 26.7 Å². The Balaban J connectivity index is 1.75. The molecule has 12 heteroatoms. The monoisotopic (exact) mass is 482 g/mol. The topological polar surface area (TPSA) is 108 Å². The molecule has 0 saturated carbocycles. The van der Waals surface area contributed by atoms with E-state index in [4.69, 9.17) is 11.6 Å². The summed E-state index contributed by atoms with van der Waals surface area (Å²) in [5.41, 5.74) is -0.481. The largest absolute Gasteiger partial charge is 0.416 e. The zero-order valence-corrected chi connectivity index (χ0v) is 17.5. The Morgan fingerprint density at radius 2 is 1.91 bits per heavy atom. The summed E-state index contributed by atoms with van der Waals surface area (Å²) in [6, 6.07) is 7.74. The lowest BCUT2D eigenvalue weighted by Gasteiger charge is -2.17. The zero-order valence-electron chi connectivity index (χ0n) is 15.9. The lowest BCUT2D eigenvalue weighted by atomic mass is 10.0. The molecule has 1 atom stereocenters. The summed E-state index contributed by atoms with van der Waals surface area (Å²) >= 11 is 5.96. The fourth-order valence-corrected chi connectivity index (χ4v) is 4.43. The van der Waals surface area contributed by atoms with Crippen molar-refractivity contribution in [1.82, 2.24) is 15.0 Å². The van der Waals surface area contributed by atoms with Gasteiger partial charge in [0, 0.05) is 24.0 Å². The summed E-state index contributed by atoms with van der Waals surface area (Å²) < 4.78 is 66.9. The number of sulfonamides is 1. The maximum atomic E-state index is 13.0. The Labute approximate surface area is 185 Å². The van der Waals surface area contributed by atoms with Crippen LogP contribution >= 0.6 is 11.6 Å². The SMILES string of the molecule is O=S(=O)(Nc1cc(Cl)cnc1C(O)c1ccnc2[nH]ccc12)c1cccc(C(F)(F)F)c1. The molecule has 0 radical (unpaired) electrons. The third-order valence-corrected chi connectivity index (χ3v) is 6.22. The van der Waals surface area contributed by atoms with Crippen molar-refractivity contribution in [3.63, 3.8) is 0 Å². The molecule has 0 saturated heterocycles. The summed E-state index contributed by atoms with van der Waals surface area (Å²) in [5, 5.41) is 11.6. The number of aromatic amines is 1. The molecule has 3 N–H and O–H groups in total. The van der Waals surface area contributed by atoms with Crippen LogP contribution in [0, 0.1) is 0 Å². The van der Waals surface area contributed by atoms with Gasteiger partial charge in [0.2, 0.25) is 0 Å². The number of fused-ring (bicyclic) bond motifs is 1. The second-order valence-corrected chi connectivity index (χ2v) is 8.88. The summed E-state index contributed by atoms with van der Waals surface area (Å²) in [7, 11) is -4.46. The van der Waals surface area contributed by atoms with E-state index in [-0.39, 0.29) is 16.4 Å². The third kappa shape index (κ3) is 4.27. The van der Waals surface area contributed by atoms with Crippen LogP contribution in [-0.4, -0.2) is 28.5 Å². The first kappa shape index (κ1) is 22.1. The van der Waals surface area contributed by atoms with E-state index < -0.39 is 32.8 Å². The molecule has 0 aliphatic carbocycles. The van der Waals surface area contributed by atoms with Crippen LogP contribution in [0.25, 0.3) is 11.0 Å². The quantitative estimate of drug-likeness (QED) is 0.388. The molecule has 0 amide bonds. The highest BCUT2D eigenvalue weighted by Gasteiger charge is 2.32. The first-order chi connectivity index (χ1) is 15.1. The van der Waals surface area contributed by atoms with E-state index in [0.717, 1.165) is 18.2 Å². The first-order valence-corrected chi connectivity index (χ1v) is 10.9. The normalized spacial score (nSPS) is 13.3. The van der Waals surface area contributed by atoms with E-state index in [0.29, 0.717) is 22.7 Å². The molecule has 1 unspecified atom stereocenters. The Morgan fingerprint density at radius 3 is 2.66 bits per heavy atom. The maximum absolute atomic E-state index is 13.0. The van der Waals surface area contributed by atoms with Gasteiger partial charge in [0.1, 0.15) is 11.8 Å². The first-order valence-electron chi connectivity index (χ1n) is 9.02. The Morgan fingerprint density at radius 1 is 1.12 bits per heavy atom. The van der Waals surface area contributed by atoms with Gasteiger partial charge in [-0.2, -0.15) is 13.2 Å². The molecule has 0 spiro atoms. The molecular weight excluding hydrogens is 469 g/mol. The van der Waals surface area contributed by atoms with E-state index in [1.807, 2.05) is 0 Å². The molecule has 1 aromatic carbocycles. The van der Waals surface area contributed by atoms with Crippen molar-refractivity contribution in [2.45, 2.75) is 17.2 Å². The number of hydrogen-bond acceptors (Lipinski definition) is 5. The summed E-state index contributed by atoms with van der Waals surface area (Å²) in [6.07, 6.45) is -1.79. The Hall–Kier alpha value is -3.15. The van der Waals surface area contributed by atoms with Crippen LogP contribution in [0.4, 0.5) is 18.9 Å². The number of benzene rings is 1. The number of nitrogens with zero attached hydrogens (tertiary/aromatic N) is 2. The van der Waals surface area contributed by atoms with Crippen molar-refractivity contribution in [2.75, 3.05) is 4.72 Å². The fraction of sp³-hybridized carbons (Fsp3) is 0.100. The molecule has 4 aromatic rings. The number of halogens is 4. The Kier molecular flexibility index (Phi) is 5.57. The van der Waals surface area contributed by atoms with Crippen molar-refractivity contribution in [3.8, 4) is 0 Å². The number of anilines is 1. The number of alkyl halides is 3. The molecule has 32 heavy (non-hydrogen) atoms. The van der Waals surface area contributed by atoms with Crippen LogP contribution < -0.4 is 4.72 Å². The highest BCUT2D eigenvalue weighted by Crippen LogP contribution is 2.34. The molecule has 0 aliphatic heterocycles. The van der Waals surface area contributed by atoms with Crippen molar-refractivity contribution in [1.29, 1.82) is 0 Å². The minimum atomic E-state index is -4.71. The maximum Gasteiger partial charge on any atom is 0.416 e. The number of nitrogens with one attached hydrogen (secondary N) is 2. The lowest BCUT2D eigenvalue weighted by Crippen LogP contribution is -2.17. The van der Waals surface area contributed by atoms with E-state index in [9.17, 15) is 26.7 Å². The van der Waals surface area contributed by atoms with Gasteiger partial charge in [0.15, 0.2) is 0 Å². The molecule has 0 fully saturated rings. The minimum absolute atomic E-state index is 0.0595. The molecule has 0 bridgehead atoms. The van der Waals surface area contributed by atoms with Gasteiger partial charge in [-0.25, -0.2) is 13.4 Å². The van der Waals surface area contributed by atoms with Crippen molar-refractivity contribution in [3.05, 3.63) is 82.9 Å². The average Bonchev–Trinajstić information content (AvgIpc) is 3.21. The number of pyridine rings is 2. The van der Waals surface area contributed by atoms with Gasteiger partial charge in [0.25, 0.3) is 10.0 Å². The fourth-order valence-electron chi connectivity index (χ4n) is 3.16. The number of rotatable bonds is 5. The van der Waals surface area contributed by atoms with E-state index in [1.54, 1.807) is 18.3 Å². The predicted octanol–water partition coefficient (Wildman–Crippen LogP) is 4.51. The number of hydrogen-bond donors (Lipinski definition) is 3. The standard InChI is InChI=1S/C20H14ClF3N4O3S/c21-12-9-16(28-32(30,31)13-3-1-2-11(8-13)20(22,23)24)17(27-10-12)18(29)14-4-6-25-19-15(14)5-7-26-19/h1-10,18,28-29H,(H,25,26). The van der Waals surface area contributed by atoms with Gasteiger partial charge >= 0.3 is 6.18 Å². The van der Waals surface area contributed by atoms with Crippen LogP contribution in [0.3, 0.4) is 0 Å². The number of aliphatic hydroxyl groups excluding tert-OH is 1. The molecule has 3 heterocycles. The van der Waals surface area contributed by atoms with Crippen molar-refractivity contribution >= 4 is 38.3 Å². The number of aromatic nitrogens is 3. The average molecular weight is 483 g/mol. The zero-order chi connectivity index (χ0) is 23.1. The summed E-state index contributed by atoms with van der Waals surface area (Å²) in [6.45, 7) is 0. The van der Waals surface area contributed by atoms with E-state index >= 15 is 0 Å². The molecule has 3 aromatic heterocycles. The second kappa shape index (κ2) is 8.08. The van der Waals surface area contributed by atoms with Crippen LogP contribution in [0.15, 0.2) is 66.0 Å². The minimum Gasteiger partial charge on any atom is -0.382 e. The number of aliphatic hydroxyl groups is 1. The van der Waals surface area contributed by atoms with E-state index in [2.05, 4.69) is 19.7 Å². The van der Waals surface area contributed by atoms with Gasteiger partial charge in [-0.05, 0) is 42.0 Å². The highest BCUT2D eigenvalue weighted by atomic mass is 35.5. The van der Waals surface area contributed by atoms with Gasteiger partial charge in [-0.1, -0.05) is 17.7 Å². The molecule has 166 valence electrons. The van der Waals surface area contributed by atoms with Gasteiger partial charge < -0.3 is 10.1 Å². The van der Waals surface area contributed by atoms with Crippen LogP contribution in [0.2, 0.25) is 5.02 Å². The van der Waals surface area contributed by atoms with Crippen LogP contribution in [-0.2, 0) is 16.2 Å². The smallest absolute Gasteiger partial charge is 0.382 e. The highest BCUT2D eigenvalue weighted by molar-refractivity contribution is 7.92. The van der Waals surface area contributed by atoms with Gasteiger partial charge in [0.05, 0.1) is 26.9 Å². The van der Waals surface area contributed by atoms with Crippen molar-refractivity contribution in [2.24, 2.45) is 0 Å². The van der Waals surface area contributed by atoms with Crippen LogP contribution in [0.5, 0.6) is 0 Å². The van der Waals surface area contributed by atoms with Gasteiger partial charge in [-0.3, -0.25) is 9.71 Å². The predicted molar refractivity (Wildman–Crippen MR) is 112 cm³/mol. The Bertz CT molecular complexity index is 1410. The van der Waals surface area contributed by atoms with Gasteiger partial charge in [-0.15, -0.1) is 0 Å². The summed E-state index contributed by atoms with van der Waals surface area (Å²) in [4.78, 5) is 10.5. The summed E-state index contributed by atoms with van der Waals surface area (Å²) in [5.74, 6) is 0. The second-order valence-electron chi connectivity index (χ2n) is 6.76. The lowest BCUT2D eigenvalue weighted by molar-refractivity contribution is -0.137. The molecule has 0 aliphatic rings. The number of H-pyrrole nitrogens is 1. The van der Waals surface area contributed by atoms with Crippen LogP contribution in [0.1, 0.15) is 22.9 Å². The molecule has 4 rings (SSSR count). The molecule has 7 nitrogen and oxygen atoms in total. The third-order valence-electron chi connectivity index (χ3n) is 4.65. The van der Waals surface area contributed by atoms with E-state index in [1.165, 1.54) is 18.5 Å². The molecular formula is C20H14ClF3N4O3S.